The molecule has 2 aromatic rings. The molecule has 26 heavy (non-hydrogen) atoms. The molecule has 0 saturated heterocycles. The minimum Gasteiger partial charge on any atom is -0.454 e. The highest BCUT2D eigenvalue weighted by Crippen LogP contribution is 2.30. The van der Waals surface area contributed by atoms with E-state index >= 15 is 0 Å². The zero-order chi connectivity index (χ0) is 19.1. The molecule has 0 unspecified atom stereocenters. The Morgan fingerprint density at radius 2 is 2.08 bits per heavy atom. The number of carbonyl (C=O) groups is 1. The van der Waals surface area contributed by atoms with Crippen LogP contribution in [0.25, 0.3) is 11.4 Å². The highest BCUT2D eigenvalue weighted by molar-refractivity contribution is 5.93. The van der Waals surface area contributed by atoms with Gasteiger partial charge in [0.15, 0.2) is 19.0 Å². The van der Waals surface area contributed by atoms with E-state index in [0.29, 0.717) is 31.0 Å². The molecule has 2 N–H and O–H groups in total. The van der Waals surface area contributed by atoms with Gasteiger partial charge in [-0.05, 0) is 30.0 Å². The van der Waals surface area contributed by atoms with Crippen molar-refractivity contribution in [1.82, 2.24) is 15.2 Å². The summed E-state index contributed by atoms with van der Waals surface area (Å²) in [5, 5.41) is 7.27. The lowest BCUT2D eigenvalue weighted by atomic mass is 9.92. The van der Waals surface area contributed by atoms with Crippen molar-refractivity contribution in [2.24, 2.45) is 0 Å². The largest absolute Gasteiger partial charge is 0.454 e. The Morgan fingerprint density at radius 3 is 2.73 bits per heavy atom. The molecule has 0 amide bonds. The zero-order valence-electron chi connectivity index (χ0n) is 16.1. The molecule has 0 fully saturated rings. The SMILES string of the molecule is COCCc1nc(-c2cc(C(=O)OCC[OH+]C)c(C)cc2C(C)C)n[nH]1. The third kappa shape index (κ3) is 4.89. The fraction of sp³-hybridized carbons (Fsp3) is 0.526. The van der Waals surface area contributed by atoms with Gasteiger partial charge in [-0.3, -0.25) is 5.10 Å². The van der Waals surface area contributed by atoms with E-state index in [9.17, 15) is 4.79 Å². The molecule has 0 aliphatic carbocycles. The molecule has 0 spiro atoms. The van der Waals surface area contributed by atoms with Crippen LogP contribution in [-0.4, -0.2) is 59.9 Å². The maximum absolute atomic E-state index is 12.4. The van der Waals surface area contributed by atoms with Gasteiger partial charge in [0.25, 0.3) is 0 Å². The summed E-state index contributed by atoms with van der Waals surface area (Å²) in [4.78, 5) is 17.0. The van der Waals surface area contributed by atoms with Crippen molar-refractivity contribution in [1.29, 1.82) is 0 Å². The molecular formula is C19H28N3O4+. The van der Waals surface area contributed by atoms with Crippen LogP contribution in [0, 0.1) is 6.92 Å². The van der Waals surface area contributed by atoms with E-state index in [-0.39, 0.29) is 18.5 Å². The number of benzene rings is 1. The van der Waals surface area contributed by atoms with Gasteiger partial charge >= 0.3 is 5.97 Å². The second-order valence-electron chi connectivity index (χ2n) is 6.43. The number of carbonyl (C=O) groups excluding carboxylic acids is 1. The predicted molar refractivity (Wildman–Crippen MR) is 99.5 cm³/mol. The quantitative estimate of drug-likeness (QED) is 0.420. The lowest BCUT2D eigenvalue weighted by molar-refractivity contribution is -0.0212. The summed E-state index contributed by atoms with van der Waals surface area (Å²) in [5.41, 5.74) is 3.35. The number of nitrogens with one attached hydrogen (secondary N) is 1. The number of rotatable bonds is 9. The molecule has 7 nitrogen and oxygen atoms in total. The summed E-state index contributed by atoms with van der Waals surface area (Å²) < 4.78 is 14.3. The van der Waals surface area contributed by atoms with E-state index in [4.69, 9.17) is 9.47 Å². The summed E-state index contributed by atoms with van der Waals surface area (Å²) in [7, 11) is 3.34. The highest BCUT2D eigenvalue weighted by Gasteiger charge is 2.19. The molecule has 142 valence electrons. The van der Waals surface area contributed by atoms with Gasteiger partial charge in [-0.25, -0.2) is 9.78 Å². The Labute approximate surface area is 154 Å². The van der Waals surface area contributed by atoms with Gasteiger partial charge in [0.1, 0.15) is 12.9 Å². The Kier molecular flexibility index (Phi) is 7.29. The van der Waals surface area contributed by atoms with Gasteiger partial charge < -0.3 is 14.2 Å². The number of methoxy groups -OCH3 is 1. The van der Waals surface area contributed by atoms with E-state index in [1.165, 1.54) is 0 Å². The van der Waals surface area contributed by atoms with Crippen LogP contribution in [0.1, 0.15) is 47.1 Å². The summed E-state index contributed by atoms with van der Waals surface area (Å²) in [6.45, 7) is 7.47. The number of hydrogen-bond donors (Lipinski definition) is 1. The van der Waals surface area contributed by atoms with Crippen LogP contribution in [-0.2, 0) is 15.9 Å². The van der Waals surface area contributed by atoms with Gasteiger partial charge in [-0.1, -0.05) is 19.9 Å². The van der Waals surface area contributed by atoms with Crippen molar-refractivity contribution in [3.05, 3.63) is 34.6 Å². The molecule has 0 atom stereocenters. The van der Waals surface area contributed by atoms with Crippen molar-refractivity contribution in [3.8, 4) is 11.4 Å². The maximum atomic E-state index is 12.4. The van der Waals surface area contributed by atoms with Crippen molar-refractivity contribution in [3.63, 3.8) is 0 Å². The summed E-state index contributed by atoms with van der Waals surface area (Å²) >= 11 is 0. The first-order valence-electron chi connectivity index (χ1n) is 8.75. The average molecular weight is 362 g/mol. The number of aryl methyl sites for hydroxylation is 1. The fourth-order valence-corrected chi connectivity index (χ4v) is 2.66. The minimum atomic E-state index is -0.349. The van der Waals surface area contributed by atoms with Crippen molar-refractivity contribution < 1.29 is 19.0 Å². The van der Waals surface area contributed by atoms with E-state index < -0.39 is 0 Å². The van der Waals surface area contributed by atoms with Crippen molar-refractivity contribution in [2.75, 3.05) is 34.0 Å². The smallest absolute Gasteiger partial charge is 0.338 e. The van der Waals surface area contributed by atoms with Crippen LogP contribution >= 0.6 is 0 Å². The summed E-state index contributed by atoms with van der Waals surface area (Å²) in [6.07, 6.45) is 0.655. The van der Waals surface area contributed by atoms with Gasteiger partial charge in [0.05, 0.1) is 12.2 Å². The van der Waals surface area contributed by atoms with Crippen LogP contribution in [0.5, 0.6) is 0 Å². The number of nitrogens with zero attached hydrogens (tertiary/aromatic N) is 2. The number of ether oxygens (including phenoxy) is 3. The lowest BCUT2D eigenvalue weighted by Crippen LogP contribution is -2.13. The monoisotopic (exact) mass is 362 g/mol. The van der Waals surface area contributed by atoms with E-state index in [1.54, 1.807) is 14.2 Å². The molecular weight excluding hydrogens is 334 g/mol. The molecule has 2 rings (SSSR count). The number of aromatic amines is 1. The predicted octanol–water partition coefficient (Wildman–Crippen LogP) is 2.41. The van der Waals surface area contributed by atoms with Crippen molar-refractivity contribution in [2.45, 2.75) is 33.1 Å². The van der Waals surface area contributed by atoms with Crippen LogP contribution in [0.4, 0.5) is 0 Å². The first kappa shape index (κ1) is 20.1. The highest BCUT2D eigenvalue weighted by atomic mass is 16.6. The second-order valence-corrected chi connectivity index (χ2v) is 6.43. The summed E-state index contributed by atoms with van der Waals surface area (Å²) in [5.74, 6) is 1.26. The average Bonchev–Trinajstić information content (AvgIpc) is 3.08. The maximum Gasteiger partial charge on any atom is 0.338 e. The van der Waals surface area contributed by atoms with Crippen LogP contribution in [0.2, 0.25) is 0 Å². The standard InChI is InChI=1S/C19H27N3O4/c1-12(2)14-10-13(3)15(19(23)26-9-8-25-5)11-16(14)18-20-17(21-22-18)6-7-24-4/h10-12H,6-9H2,1-5H3,(H,20,21,22)/p+1. The number of aliphatic hydroxyl groups is 2. The molecule has 1 aromatic heterocycles. The van der Waals surface area contributed by atoms with E-state index in [0.717, 1.165) is 22.5 Å². The van der Waals surface area contributed by atoms with Crippen LogP contribution in [0.15, 0.2) is 12.1 Å². The topological polar surface area (TPSA) is 89.9 Å². The zero-order valence-corrected chi connectivity index (χ0v) is 16.1. The molecule has 0 aliphatic rings. The first-order chi connectivity index (χ1) is 12.5. The summed E-state index contributed by atoms with van der Waals surface area (Å²) in [6, 6.07) is 3.85. The Balaban J connectivity index is 2.37. The molecule has 0 radical (unpaired) electrons. The van der Waals surface area contributed by atoms with Gasteiger partial charge in [-0.2, -0.15) is 5.10 Å². The Hall–Kier alpha value is -2.25. The third-order valence-electron chi connectivity index (χ3n) is 4.10. The number of H-pyrrole nitrogens is 1. The molecule has 0 bridgehead atoms. The van der Waals surface area contributed by atoms with E-state index in [1.807, 2.05) is 19.1 Å². The molecule has 0 aliphatic heterocycles. The first-order valence-corrected chi connectivity index (χ1v) is 8.75. The molecule has 7 heteroatoms. The van der Waals surface area contributed by atoms with Gasteiger partial charge in [0, 0.05) is 19.1 Å². The van der Waals surface area contributed by atoms with Crippen LogP contribution < -0.4 is 0 Å². The number of hydrogen-bond acceptors (Lipinski definition) is 5. The molecule has 1 heterocycles. The van der Waals surface area contributed by atoms with Crippen LogP contribution in [0.3, 0.4) is 0 Å². The Bertz CT molecular complexity index is 740. The number of esters is 1. The van der Waals surface area contributed by atoms with Gasteiger partial charge in [-0.15, -0.1) is 0 Å². The molecule has 0 saturated carbocycles. The molecule has 1 aromatic carbocycles. The lowest BCUT2D eigenvalue weighted by Gasteiger charge is -2.15. The third-order valence-corrected chi connectivity index (χ3v) is 4.10. The second kappa shape index (κ2) is 9.45. The van der Waals surface area contributed by atoms with E-state index in [2.05, 4.69) is 33.8 Å². The van der Waals surface area contributed by atoms with Crippen molar-refractivity contribution >= 4 is 5.97 Å². The normalized spacial score (nSPS) is 11.2. The van der Waals surface area contributed by atoms with Gasteiger partial charge in [0.2, 0.25) is 0 Å². The number of aromatic nitrogens is 3. The minimum absolute atomic E-state index is 0.272. The fourth-order valence-electron chi connectivity index (χ4n) is 2.66. The Morgan fingerprint density at radius 1 is 1.31 bits per heavy atom.